The Morgan fingerprint density at radius 2 is 1.46 bits per heavy atom. The highest BCUT2D eigenvalue weighted by molar-refractivity contribution is 6.04. The molecule has 1 heterocycles. The van der Waals surface area contributed by atoms with Crippen molar-refractivity contribution < 1.29 is 31.1 Å². The van der Waals surface area contributed by atoms with Crippen LogP contribution in [0.3, 0.4) is 0 Å². The summed E-state index contributed by atoms with van der Waals surface area (Å²) in [4.78, 5) is 25.1. The molecule has 2 aromatic rings. The van der Waals surface area contributed by atoms with Crippen molar-refractivity contribution in [2.45, 2.75) is 12.4 Å². The molecule has 0 bridgehead atoms. The molecule has 1 aromatic carbocycles. The van der Waals surface area contributed by atoms with Crippen LogP contribution in [0.1, 0.15) is 21.5 Å². The summed E-state index contributed by atoms with van der Waals surface area (Å²) in [6, 6.07) is 3.41. The van der Waals surface area contributed by atoms with Crippen molar-refractivity contribution in [1.82, 2.24) is 4.98 Å². The standard InChI is InChI=1S/C14H8F6N2O2/c15-13(16,17)8-3-1-7(2-4-8)11(23)22-10-5-9(14(18,19)20)6-21-12(10)24/h1-6H,(H,21,24)(H,22,23). The van der Waals surface area contributed by atoms with Gasteiger partial charge in [-0.2, -0.15) is 26.3 Å². The van der Waals surface area contributed by atoms with Gasteiger partial charge in [-0.3, -0.25) is 9.59 Å². The molecule has 0 aliphatic carbocycles. The topological polar surface area (TPSA) is 62.0 Å². The molecule has 0 radical (unpaired) electrons. The van der Waals surface area contributed by atoms with E-state index in [0.717, 1.165) is 12.1 Å². The first kappa shape index (κ1) is 17.6. The van der Waals surface area contributed by atoms with Crippen LogP contribution in [0.2, 0.25) is 0 Å². The predicted molar refractivity (Wildman–Crippen MR) is 71.5 cm³/mol. The van der Waals surface area contributed by atoms with E-state index < -0.39 is 40.6 Å². The third-order valence-electron chi connectivity index (χ3n) is 2.95. The minimum atomic E-state index is -4.74. The Hall–Kier alpha value is -2.78. The summed E-state index contributed by atoms with van der Waals surface area (Å²) in [6.07, 6.45) is -8.89. The SMILES string of the molecule is O=C(Nc1cc(C(F)(F)F)c[nH]c1=O)c1ccc(C(F)(F)F)cc1. The van der Waals surface area contributed by atoms with Crippen molar-refractivity contribution in [2.24, 2.45) is 0 Å². The lowest BCUT2D eigenvalue weighted by molar-refractivity contribution is -0.138. The molecule has 0 spiro atoms. The van der Waals surface area contributed by atoms with Gasteiger partial charge in [-0.25, -0.2) is 0 Å². The maximum Gasteiger partial charge on any atom is 0.417 e. The van der Waals surface area contributed by atoms with Crippen molar-refractivity contribution >= 4 is 11.6 Å². The Labute approximate surface area is 130 Å². The second-order valence-electron chi connectivity index (χ2n) is 4.66. The van der Waals surface area contributed by atoms with Gasteiger partial charge in [0.2, 0.25) is 0 Å². The number of amides is 1. The molecule has 0 saturated heterocycles. The molecule has 2 N–H and O–H groups in total. The predicted octanol–water partition coefficient (Wildman–Crippen LogP) is 3.66. The number of rotatable bonds is 2. The molecule has 0 atom stereocenters. The summed E-state index contributed by atoms with van der Waals surface area (Å²) in [5.74, 6) is -1.02. The number of H-pyrrole nitrogens is 1. The summed E-state index contributed by atoms with van der Waals surface area (Å²) < 4.78 is 75.0. The maximum atomic E-state index is 12.6. The first-order chi connectivity index (χ1) is 11.0. The number of benzene rings is 1. The number of carbonyl (C=O) groups is 1. The van der Waals surface area contributed by atoms with Gasteiger partial charge in [0.15, 0.2) is 0 Å². The number of aromatic amines is 1. The monoisotopic (exact) mass is 350 g/mol. The minimum absolute atomic E-state index is 0.250. The maximum absolute atomic E-state index is 12.6. The molecule has 0 aliphatic rings. The number of hydrogen-bond donors (Lipinski definition) is 2. The largest absolute Gasteiger partial charge is 0.417 e. The van der Waals surface area contributed by atoms with E-state index in [2.05, 4.69) is 0 Å². The lowest BCUT2D eigenvalue weighted by Gasteiger charge is -2.10. The molecule has 0 unspecified atom stereocenters. The molecule has 128 valence electrons. The van der Waals surface area contributed by atoms with Crippen LogP contribution < -0.4 is 10.9 Å². The van der Waals surface area contributed by atoms with Gasteiger partial charge in [0.1, 0.15) is 5.69 Å². The summed E-state index contributed by atoms with van der Waals surface area (Å²) in [6.45, 7) is 0. The summed E-state index contributed by atoms with van der Waals surface area (Å²) in [7, 11) is 0. The molecule has 1 amide bonds. The fraction of sp³-hybridized carbons (Fsp3) is 0.143. The van der Waals surface area contributed by atoms with Crippen LogP contribution in [-0.4, -0.2) is 10.9 Å². The van der Waals surface area contributed by atoms with Crippen LogP contribution in [0.25, 0.3) is 0 Å². The zero-order valence-corrected chi connectivity index (χ0v) is 11.5. The van der Waals surface area contributed by atoms with E-state index in [0.29, 0.717) is 24.4 Å². The lowest BCUT2D eigenvalue weighted by atomic mass is 10.1. The van der Waals surface area contributed by atoms with Crippen molar-refractivity contribution in [3.63, 3.8) is 0 Å². The van der Waals surface area contributed by atoms with Gasteiger partial charge in [-0.05, 0) is 30.3 Å². The Morgan fingerprint density at radius 1 is 0.917 bits per heavy atom. The third-order valence-corrected chi connectivity index (χ3v) is 2.95. The third kappa shape index (κ3) is 3.94. The Bertz CT molecular complexity index is 806. The Kier molecular flexibility index (Phi) is 4.41. The number of pyridine rings is 1. The van der Waals surface area contributed by atoms with Crippen molar-refractivity contribution in [2.75, 3.05) is 5.32 Å². The van der Waals surface area contributed by atoms with Crippen LogP contribution >= 0.6 is 0 Å². The molecule has 0 fully saturated rings. The number of aromatic nitrogens is 1. The van der Waals surface area contributed by atoms with Gasteiger partial charge >= 0.3 is 12.4 Å². The van der Waals surface area contributed by atoms with Crippen molar-refractivity contribution in [3.05, 3.63) is 63.6 Å². The quantitative estimate of drug-likeness (QED) is 0.812. The molecular formula is C14H8F6N2O2. The van der Waals surface area contributed by atoms with Gasteiger partial charge in [-0.15, -0.1) is 0 Å². The fourth-order valence-electron chi connectivity index (χ4n) is 1.75. The smallest absolute Gasteiger partial charge is 0.327 e. The average molecular weight is 350 g/mol. The molecule has 0 saturated carbocycles. The van der Waals surface area contributed by atoms with Crippen molar-refractivity contribution in [1.29, 1.82) is 0 Å². The van der Waals surface area contributed by atoms with Gasteiger partial charge in [0.05, 0.1) is 11.1 Å². The highest BCUT2D eigenvalue weighted by Gasteiger charge is 2.32. The van der Waals surface area contributed by atoms with Gasteiger partial charge in [0.25, 0.3) is 11.5 Å². The normalized spacial score (nSPS) is 12.1. The minimum Gasteiger partial charge on any atom is -0.327 e. The van der Waals surface area contributed by atoms with Crippen molar-refractivity contribution in [3.8, 4) is 0 Å². The van der Waals surface area contributed by atoms with E-state index in [1.165, 1.54) is 0 Å². The number of alkyl halides is 6. The molecule has 10 heteroatoms. The molecular weight excluding hydrogens is 342 g/mol. The van der Waals surface area contributed by atoms with Crippen LogP contribution in [0.4, 0.5) is 32.0 Å². The molecule has 4 nitrogen and oxygen atoms in total. The summed E-state index contributed by atoms with van der Waals surface area (Å²) in [5.41, 5.74) is -4.08. The van der Waals surface area contributed by atoms with Crippen LogP contribution in [0.15, 0.2) is 41.3 Å². The van der Waals surface area contributed by atoms with Gasteiger partial charge in [0, 0.05) is 11.8 Å². The van der Waals surface area contributed by atoms with E-state index in [1.807, 2.05) is 10.3 Å². The van der Waals surface area contributed by atoms with E-state index >= 15 is 0 Å². The highest BCUT2D eigenvalue weighted by Crippen LogP contribution is 2.30. The second-order valence-corrected chi connectivity index (χ2v) is 4.66. The molecule has 1 aromatic heterocycles. The number of anilines is 1. The summed E-state index contributed by atoms with van der Waals surface area (Å²) in [5, 5.41) is 1.93. The number of nitrogens with one attached hydrogen (secondary N) is 2. The first-order valence-electron chi connectivity index (χ1n) is 6.27. The second kappa shape index (κ2) is 6.02. The van der Waals surface area contributed by atoms with Gasteiger partial charge in [-0.1, -0.05) is 0 Å². The first-order valence-corrected chi connectivity index (χ1v) is 6.27. The number of carbonyl (C=O) groups excluding carboxylic acids is 1. The van der Waals surface area contributed by atoms with E-state index in [-0.39, 0.29) is 5.56 Å². The van der Waals surface area contributed by atoms with Crippen LogP contribution in [-0.2, 0) is 12.4 Å². The summed E-state index contributed by atoms with van der Waals surface area (Å²) >= 11 is 0. The molecule has 2 rings (SSSR count). The number of hydrogen-bond acceptors (Lipinski definition) is 2. The van der Waals surface area contributed by atoms with E-state index in [1.54, 1.807) is 0 Å². The zero-order valence-electron chi connectivity index (χ0n) is 11.5. The molecule has 0 aliphatic heterocycles. The average Bonchev–Trinajstić information content (AvgIpc) is 2.47. The highest BCUT2D eigenvalue weighted by atomic mass is 19.4. The van der Waals surface area contributed by atoms with E-state index in [9.17, 15) is 35.9 Å². The fourth-order valence-corrected chi connectivity index (χ4v) is 1.75. The Balaban J connectivity index is 2.25. The van der Waals surface area contributed by atoms with Gasteiger partial charge < -0.3 is 10.3 Å². The van der Waals surface area contributed by atoms with E-state index in [4.69, 9.17) is 0 Å². The van der Waals surface area contributed by atoms with Crippen LogP contribution in [0, 0.1) is 0 Å². The Morgan fingerprint density at radius 3 is 1.96 bits per heavy atom. The molecule has 24 heavy (non-hydrogen) atoms. The number of halogens is 6. The lowest BCUT2D eigenvalue weighted by Crippen LogP contribution is -2.21. The zero-order chi connectivity index (χ0) is 18.1. The van der Waals surface area contributed by atoms with Crippen LogP contribution in [0.5, 0.6) is 0 Å².